The van der Waals surface area contributed by atoms with E-state index in [1.807, 2.05) is 0 Å². The van der Waals surface area contributed by atoms with Crippen molar-refractivity contribution in [1.29, 1.82) is 0 Å². The third kappa shape index (κ3) is 4.07. The summed E-state index contributed by atoms with van der Waals surface area (Å²) in [7, 11) is 0. The van der Waals surface area contributed by atoms with E-state index in [0.717, 1.165) is 0 Å². The number of carbonyl (C=O) groups is 1. The first-order valence-corrected chi connectivity index (χ1v) is 3.50. The number of carbonyl (C=O) groups excluding carboxylic acids is 1. The van der Waals surface area contributed by atoms with Crippen molar-refractivity contribution in [3.05, 3.63) is 11.8 Å². The van der Waals surface area contributed by atoms with Crippen LogP contribution in [0.3, 0.4) is 0 Å². The molecule has 0 aliphatic heterocycles. The summed E-state index contributed by atoms with van der Waals surface area (Å²) in [5, 5.41) is 0. The van der Waals surface area contributed by atoms with Gasteiger partial charge in [0.25, 0.3) is 5.76 Å². The highest BCUT2D eigenvalue weighted by atomic mass is 19.4. The molecule has 12 heteroatoms. The Kier molecular flexibility index (Phi) is 4.26. The van der Waals surface area contributed by atoms with E-state index < -0.39 is 36.1 Å². The molecule has 0 aliphatic carbocycles. The van der Waals surface area contributed by atoms with Crippen molar-refractivity contribution < 1.29 is 53.4 Å². The Morgan fingerprint density at radius 2 is 1.17 bits per heavy atom. The Hall–Kier alpha value is -1.49. The zero-order chi connectivity index (χ0) is 14.9. The van der Waals surface area contributed by atoms with Crippen molar-refractivity contribution in [2.24, 2.45) is 0 Å². The highest BCUT2D eigenvalue weighted by Gasteiger charge is 2.60. The number of ketones is 1. The predicted molar refractivity (Wildman–Crippen MR) is 32.4 cm³/mol. The molecule has 0 N–H and O–H groups in total. The molecule has 0 aromatic heterocycles. The molecule has 106 valence electrons. The lowest BCUT2D eigenvalue weighted by atomic mass is 10.3. The van der Waals surface area contributed by atoms with Gasteiger partial charge in [-0.3, -0.25) is 4.79 Å². The van der Waals surface area contributed by atoms with Crippen LogP contribution in [-0.2, 0) is 9.53 Å². The van der Waals surface area contributed by atoms with Crippen molar-refractivity contribution in [3.63, 3.8) is 0 Å². The van der Waals surface area contributed by atoms with Crippen molar-refractivity contribution in [1.82, 2.24) is 0 Å². The van der Waals surface area contributed by atoms with Crippen LogP contribution in [0.2, 0.25) is 0 Å². The van der Waals surface area contributed by atoms with E-state index in [2.05, 4.69) is 4.74 Å². The number of allylic oxidation sites excluding steroid dienone is 1. The molecule has 0 aliphatic rings. The van der Waals surface area contributed by atoms with Crippen molar-refractivity contribution in [3.8, 4) is 0 Å². The number of alkyl halides is 8. The first-order chi connectivity index (χ1) is 7.69. The smallest absolute Gasteiger partial charge is 0.415 e. The van der Waals surface area contributed by atoms with Crippen LogP contribution < -0.4 is 0 Å². The second-order valence-corrected chi connectivity index (χ2v) is 2.53. The van der Waals surface area contributed by atoms with Gasteiger partial charge in [-0.05, 0) is 0 Å². The molecule has 2 nitrogen and oxygen atoms in total. The van der Waals surface area contributed by atoms with Gasteiger partial charge in [-0.25, -0.2) is 0 Å². The summed E-state index contributed by atoms with van der Waals surface area (Å²) in [4.78, 5) is 9.94. The first kappa shape index (κ1) is 16.5. The highest BCUT2D eigenvalue weighted by Crippen LogP contribution is 2.37. The molecule has 0 bridgehead atoms. The van der Waals surface area contributed by atoms with Gasteiger partial charge in [0.05, 0.1) is 0 Å². The topological polar surface area (TPSA) is 26.3 Å². The number of hydrogen-bond donors (Lipinski definition) is 0. The van der Waals surface area contributed by atoms with Gasteiger partial charge in [-0.2, -0.15) is 43.9 Å². The first-order valence-electron chi connectivity index (χ1n) is 3.50. The van der Waals surface area contributed by atoms with Crippen LogP contribution in [0.1, 0.15) is 0 Å². The van der Waals surface area contributed by atoms with Crippen LogP contribution in [0.4, 0.5) is 43.9 Å². The Balaban J connectivity index is 5.33. The van der Waals surface area contributed by atoms with Crippen LogP contribution in [-0.4, -0.2) is 24.2 Å². The van der Waals surface area contributed by atoms with Gasteiger partial charge < -0.3 is 4.74 Å². The van der Waals surface area contributed by atoms with Crippen molar-refractivity contribution in [2.45, 2.75) is 18.5 Å². The molecule has 0 aromatic carbocycles. The summed E-state index contributed by atoms with van der Waals surface area (Å²) in [6.07, 6.45) is -22.4. The van der Waals surface area contributed by atoms with Crippen LogP contribution in [0.15, 0.2) is 11.8 Å². The lowest BCUT2D eigenvalue weighted by Crippen LogP contribution is -2.43. The minimum absolute atomic E-state index is 2.15. The fourth-order valence-electron chi connectivity index (χ4n) is 0.543. The molecule has 0 radical (unpaired) electrons. The van der Waals surface area contributed by atoms with Crippen LogP contribution >= 0.6 is 0 Å². The summed E-state index contributed by atoms with van der Waals surface area (Å²) in [5.74, 6) is -7.72. The number of Topliss-reactive ketones (excluding diaryl/α,β-unsaturated/α-hetero) is 1. The molecule has 0 atom stereocenters. The fourth-order valence-corrected chi connectivity index (χ4v) is 0.543. The zero-order valence-electron chi connectivity index (χ0n) is 7.60. The minimum atomic E-state index is -6.26. The molecular weight excluding hydrogens is 294 g/mol. The number of hydrogen-bond acceptors (Lipinski definition) is 2. The van der Waals surface area contributed by atoms with Crippen LogP contribution in [0.5, 0.6) is 0 Å². The lowest BCUT2D eigenvalue weighted by Gasteiger charge is -2.20. The number of halogens is 10. The summed E-state index contributed by atoms with van der Waals surface area (Å²) < 4.78 is 119. The Bertz CT molecular complexity index is 358. The molecule has 0 amide bonds. The molecule has 0 saturated carbocycles. The second-order valence-electron chi connectivity index (χ2n) is 2.53. The Labute approximate surface area is 90.8 Å². The molecule has 0 fully saturated rings. The van der Waals surface area contributed by atoms with Gasteiger partial charge >= 0.3 is 30.3 Å². The third-order valence-corrected chi connectivity index (χ3v) is 1.18. The van der Waals surface area contributed by atoms with E-state index in [1.165, 1.54) is 0 Å². The molecule has 0 aromatic rings. The van der Waals surface area contributed by atoms with Gasteiger partial charge in [0, 0.05) is 0 Å². The number of ether oxygens (including phenoxy) is 1. The second kappa shape index (κ2) is 4.65. The molecule has 18 heavy (non-hydrogen) atoms. The van der Waals surface area contributed by atoms with Gasteiger partial charge in [-0.1, -0.05) is 0 Å². The molecular formula is C6F10O2. The van der Waals surface area contributed by atoms with Gasteiger partial charge in [0.15, 0.2) is 0 Å². The SMILES string of the molecule is O=C(C(F)(F)F)C(F)(F)OC(=C(F)F)C(F)(F)F. The molecule has 0 rings (SSSR count). The predicted octanol–water partition coefficient (Wildman–Crippen LogP) is 3.40. The maximum Gasteiger partial charge on any atom is 0.470 e. The average Bonchev–Trinajstić information content (AvgIpc) is 2.09. The normalized spacial score (nSPS) is 13.2. The molecule has 0 saturated heterocycles. The maximum atomic E-state index is 12.3. The summed E-state index contributed by atoms with van der Waals surface area (Å²) in [6, 6.07) is 0. The summed E-state index contributed by atoms with van der Waals surface area (Å²) >= 11 is 0. The standard InChI is InChI=1S/C6F10O2/c7-2(8)1(4(9,10)11)18-6(15,16)3(17)5(12,13)14. The molecule has 0 unspecified atom stereocenters. The summed E-state index contributed by atoms with van der Waals surface area (Å²) in [5.41, 5.74) is 0. The third-order valence-electron chi connectivity index (χ3n) is 1.18. The van der Waals surface area contributed by atoms with Gasteiger partial charge in [0.2, 0.25) is 0 Å². The van der Waals surface area contributed by atoms with E-state index in [1.54, 1.807) is 0 Å². The van der Waals surface area contributed by atoms with Crippen molar-refractivity contribution in [2.75, 3.05) is 0 Å². The van der Waals surface area contributed by atoms with Gasteiger partial charge in [-0.15, -0.1) is 0 Å². The number of rotatable bonds is 3. The van der Waals surface area contributed by atoms with E-state index in [9.17, 15) is 48.7 Å². The quantitative estimate of drug-likeness (QED) is 0.589. The highest BCUT2D eigenvalue weighted by molar-refractivity contribution is 5.89. The molecule has 0 spiro atoms. The van der Waals surface area contributed by atoms with Crippen LogP contribution in [0, 0.1) is 0 Å². The maximum absolute atomic E-state index is 12.3. The monoisotopic (exact) mass is 294 g/mol. The summed E-state index contributed by atoms with van der Waals surface area (Å²) in [6.45, 7) is 0. The van der Waals surface area contributed by atoms with Crippen molar-refractivity contribution >= 4 is 5.78 Å². The average molecular weight is 294 g/mol. The zero-order valence-corrected chi connectivity index (χ0v) is 7.60. The van der Waals surface area contributed by atoms with E-state index in [-0.39, 0.29) is 0 Å². The fraction of sp³-hybridized carbons (Fsp3) is 0.500. The lowest BCUT2D eigenvalue weighted by molar-refractivity contribution is -0.266. The Morgan fingerprint density at radius 3 is 1.39 bits per heavy atom. The Morgan fingerprint density at radius 1 is 0.778 bits per heavy atom. The molecule has 0 heterocycles. The van der Waals surface area contributed by atoms with E-state index in [4.69, 9.17) is 0 Å². The minimum Gasteiger partial charge on any atom is -0.415 e. The van der Waals surface area contributed by atoms with E-state index >= 15 is 0 Å². The van der Waals surface area contributed by atoms with Crippen LogP contribution in [0.25, 0.3) is 0 Å². The van der Waals surface area contributed by atoms with Gasteiger partial charge in [0.1, 0.15) is 0 Å². The largest absolute Gasteiger partial charge is 0.470 e. The van der Waals surface area contributed by atoms with E-state index in [0.29, 0.717) is 0 Å².